The Hall–Kier alpha value is -2.53. The second kappa shape index (κ2) is 11.1. The maximum Gasteiger partial charge on any atom is 0.231 e. The minimum atomic E-state index is 0. The van der Waals surface area contributed by atoms with E-state index in [0.717, 1.165) is 80.0 Å². The van der Waals surface area contributed by atoms with Gasteiger partial charge >= 0.3 is 0 Å². The molecule has 0 bridgehead atoms. The number of guanidine groups is 1. The van der Waals surface area contributed by atoms with Gasteiger partial charge < -0.3 is 24.7 Å². The van der Waals surface area contributed by atoms with Crippen LogP contribution in [-0.4, -0.2) is 71.8 Å². The van der Waals surface area contributed by atoms with Crippen LogP contribution in [0.2, 0.25) is 0 Å². The third kappa shape index (κ3) is 5.70. The van der Waals surface area contributed by atoms with Gasteiger partial charge in [-0.3, -0.25) is 9.89 Å². The van der Waals surface area contributed by atoms with Crippen molar-refractivity contribution >= 4 is 41.0 Å². The van der Waals surface area contributed by atoms with Crippen LogP contribution in [0, 0.1) is 0 Å². The van der Waals surface area contributed by atoms with Gasteiger partial charge in [-0.1, -0.05) is 18.2 Å². The average Bonchev–Trinajstić information content (AvgIpc) is 3.45. The van der Waals surface area contributed by atoms with Crippen molar-refractivity contribution in [2.24, 2.45) is 4.99 Å². The minimum Gasteiger partial charge on any atom is -0.454 e. The van der Waals surface area contributed by atoms with Crippen LogP contribution in [0.4, 0.5) is 0 Å². The van der Waals surface area contributed by atoms with Gasteiger partial charge in [0.05, 0.1) is 11.0 Å². The highest BCUT2D eigenvalue weighted by Gasteiger charge is 2.21. The van der Waals surface area contributed by atoms with E-state index in [1.807, 2.05) is 24.3 Å². The lowest BCUT2D eigenvalue weighted by molar-refractivity contribution is 0.171. The average molecular weight is 562 g/mol. The van der Waals surface area contributed by atoms with Crippen LogP contribution in [0.15, 0.2) is 47.5 Å². The topological polar surface area (TPSA) is 78.0 Å². The van der Waals surface area contributed by atoms with E-state index in [1.165, 1.54) is 5.56 Å². The number of aromatic nitrogens is 2. The number of aromatic amines is 1. The van der Waals surface area contributed by atoms with Crippen molar-refractivity contribution < 1.29 is 9.47 Å². The molecule has 0 aliphatic carbocycles. The number of aliphatic imine (C=N–C) groups is 1. The highest BCUT2D eigenvalue weighted by atomic mass is 127. The molecule has 0 amide bonds. The van der Waals surface area contributed by atoms with Gasteiger partial charge in [0.1, 0.15) is 5.82 Å². The number of imidazole rings is 1. The monoisotopic (exact) mass is 562 g/mol. The van der Waals surface area contributed by atoms with Crippen LogP contribution in [0.3, 0.4) is 0 Å². The summed E-state index contributed by atoms with van der Waals surface area (Å²) in [5.74, 6) is 3.67. The quantitative estimate of drug-likeness (QED) is 0.273. The number of hydrogen-bond acceptors (Lipinski definition) is 5. The summed E-state index contributed by atoms with van der Waals surface area (Å²) in [5, 5.41) is 3.45. The predicted molar refractivity (Wildman–Crippen MR) is 141 cm³/mol. The summed E-state index contributed by atoms with van der Waals surface area (Å²) < 4.78 is 10.9. The van der Waals surface area contributed by atoms with Crippen molar-refractivity contribution in [2.75, 3.05) is 46.1 Å². The van der Waals surface area contributed by atoms with Crippen LogP contribution in [-0.2, 0) is 13.0 Å². The zero-order valence-electron chi connectivity index (χ0n) is 18.9. The van der Waals surface area contributed by atoms with Crippen LogP contribution < -0.4 is 14.8 Å². The van der Waals surface area contributed by atoms with E-state index in [9.17, 15) is 0 Å². The molecule has 0 spiro atoms. The van der Waals surface area contributed by atoms with Gasteiger partial charge in [-0.15, -0.1) is 24.0 Å². The van der Waals surface area contributed by atoms with Crippen LogP contribution in [0.1, 0.15) is 18.3 Å². The first-order valence-corrected chi connectivity index (χ1v) is 11.4. The third-order valence-corrected chi connectivity index (χ3v) is 5.90. The van der Waals surface area contributed by atoms with Crippen molar-refractivity contribution in [3.05, 3.63) is 53.9 Å². The molecule has 1 saturated heterocycles. The number of para-hydroxylation sites is 2. The van der Waals surface area contributed by atoms with Crippen LogP contribution in [0.25, 0.3) is 11.0 Å². The lowest BCUT2D eigenvalue weighted by Crippen LogP contribution is -2.52. The lowest BCUT2D eigenvalue weighted by Gasteiger charge is -2.36. The number of benzene rings is 2. The van der Waals surface area contributed by atoms with E-state index in [-0.39, 0.29) is 24.0 Å². The highest BCUT2D eigenvalue weighted by molar-refractivity contribution is 14.0. The zero-order valence-corrected chi connectivity index (χ0v) is 21.2. The molecule has 176 valence electrons. The summed E-state index contributed by atoms with van der Waals surface area (Å²) in [6.07, 6.45) is 0.799. The summed E-state index contributed by atoms with van der Waals surface area (Å²) in [6, 6.07) is 14.4. The highest BCUT2D eigenvalue weighted by Crippen LogP contribution is 2.32. The number of ether oxygens (including phenoxy) is 2. The number of nitrogens with one attached hydrogen (secondary N) is 2. The second-order valence-electron chi connectivity index (χ2n) is 8.14. The van der Waals surface area contributed by atoms with Gasteiger partial charge in [0, 0.05) is 52.2 Å². The Kier molecular flexibility index (Phi) is 7.92. The molecule has 0 radical (unpaired) electrons. The second-order valence-corrected chi connectivity index (χ2v) is 8.14. The molecule has 0 unspecified atom stereocenters. The number of hydrogen-bond donors (Lipinski definition) is 2. The standard InChI is InChI=1S/C24H30N6O2.HI/c1-2-25-24(26-10-9-23-27-19-5-3-4-6-20(19)28-23)30-13-11-29(12-14-30)16-18-7-8-21-22(15-18)32-17-31-21;/h3-8,15H,2,9-14,16-17H2,1H3,(H,25,26)(H,27,28);1H. The summed E-state index contributed by atoms with van der Waals surface area (Å²) in [6.45, 7) is 8.85. The number of piperazine rings is 1. The Labute approximate surface area is 211 Å². The summed E-state index contributed by atoms with van der Waals surface area (Å²) in [7, 11) is 0. The molecule has 2 aliphatic rings. The number of rotatable bonds is 6. The molecule has 8 nitrogen and oxygen atoms in total. The molecule has 3 heterocycles. The van der Waals surface area contributed by atoms with Gasteiger partial charge in [0.2, 0.25) is 6.79 Å². The molecule has 3 aromatic rings. The molecule has 2 N–H and O–H groups in total. The number of nitrogens with zero attached hydrogens (tertiary/aromatic N) is 4. The first kappa shape index (κ1) is 23.6. The smallest absolute Gasteiger partial charge is 0.231 e. The molecule has 1 fully saturated rings. The van der Waals surface area contributed by atoms with Crippen molar-refractivity contribution in [1.29, 1.82) is 0 Å². The first-order valence-electron chi connectivity index (χ1n) is 11.4. The van der Waals surface area contributed by atoms with Crippen LogP contribution >= 0.6 is 24.0 Å². The Bertz CT molecular complexity index is 1060. The van der Waals surface area contributed by atoms with Crippen LogP contribution in [0.5, 0.6) is 11.5 Å². The Morgan fingerprint density at radius 1 is 1.09 bits per heavy atom. The van der Waals surface area contributed by atoms with Gasteiger partial charge in [-0.05, 0) is 36.8 Å². The Morgan fingerprint density at radius 2 is 1.91 bits per heavy atom. The summed E-state index contributed by atoms with van der Waals surface area (Å²) in [4.78, 5) is 17.8. The molecule has 2 aliphatic heterocycles. The van der Waals surface area contributed by atoms with Gasteiger partial charge in [-0.25, -0.2) is 4.98 Å². The van der Waals surface area contributed by atoms with Crippen molar-refractivity contribution in [1.82, 2.24) is 25.1 Å². The molecular weight excluding hydrogens is 531 g/mol. The SMILES string of the molecule is CCNC(=NCCc1nc2ccccc2[nH]1)N1CCN(Cc2ccc3c(c2)OCO3)CC1.I. The Morgan fingerprint density at radius 3 is 2.73 bits per heavy atom. The number of H-pyrrole nitrogens is 1. The fourth-order valence-electron chi connectivity index (χ4n) is 4.23. The molecular formula is C24H31IN6O2. The molecule has 33 heavy (non-hydrogen) atoms. The van der Waals surface area contributed by atoms with E-state index in [4.69, 9.17) is 14.5 Å². The minimum absolute atomic E-state index is 0. The van der Waals surface area contributed by atoms with E-state index < -0.39 is 0 Å². The first-order chi connectivity index (χ1) is 15.8. The number of halogens is 1. The normalized spacial score (nSPS) is 16.2. The molecule has 2 aromatic carbocycles. The number of fused-ring (bicyclic) bond motifs is 2. The molecule has 0 saturated carbocycles. The fraction of sp³-hybridized carbons (Fsp3) is 0.417. The van der Waals surface area contributed by atoms with Crippen molar-refractivity contribution in [3.63, 3.8) is 0 Å². The maximum atomic E-state index is 5.51. The van der Waals surface area contributed by atoms with Crippen molar-refractivity contribution in [2.45, 2.75) is 19.9 Å². The summed E-state index contributed by atoms with van der Waals surface area (Å²) in [5.41, 5.74) is 3.35. The molecule has 5 rings (SSSR count). The van der Waals surface area contributed by atoms with Gasteiger partial charge in [0.15, 0.2) is 17.5 Å². The Balaban J connectivity index is 0.00000259. The van der Waals surface area contributed by atoms with E-state index in [2.05, 4.69) is 50.2 Å². The third-order valence-electron chi connectivity index (χ3n) is 5.90. The van der Waals surface area contributed by atoms with Crippen molar-refractivity contribution in [3.8, 4) is 11.5 Å². The lowest BCUT2D eigenvalue weighted by atomic mass is 10.1. The fourth-order valence-corrected chi connectivity index (χ4v) is 4.23. The van der Waals surface area contributed by atoms with Gasteiger partial charge in [0.25, 0.3) is 0 Å². The summed E-state index contributed by atoms with van der Waals surface area (Å²) >= 11 is 0. The zero-order chi connectivity index (χ0) is 21.8. The van der Waals surface area contributed by atoms with E-state index in [0.29, 0.717) is 13.3 Å². The van der Waals surface area contributed by atoms with E-state index in [1.54, 1.807) is 0 Å². The molecule has 9 heteroatoms. The maximum absolute atomic E-state index is 5.51. The van der Waals surface area contributed by atoms with Gasteiger partial charge in [-0.2, -0.15) is 0 Å². The molecule has 0 atom stereocenters. The van der Waals surface area contributed by atoms with E-state index >= 15 is 0 Å². The predicted octanol–water partition coefficient (Wildman–Crippen LogP) is 3.24. The molecule has 1 aromatic heterocycles. The largest absolute Gasteiger partial charge is 0.454 e.